The quantitative estimate of drug-likeness (QED) is 0.839. The normalized spacial score (nSPS) is 13.6. The number of para-hydroxylation sites is 1. The zero-order valence-electron chi connectivity index (χ0n) is 10.3. The molecule has 2 rings (SSSR count). The van der Waals surface area contributed by atoms with Crippen LogP contribution in [0, 0.1) is 5.92 Å². The Kier molecular flexibility index (Phi) is 3.01. The number of fused-ring (bicyclic) bond motifs is 1. The van der Waals surface area contributed by atoms with Crippen molar-refractivity contribution in [3.8, 4) is 0 Å². The van der Waals surface area contributed by atoms with Crippen LogP contribution in [0.5, 0.6) is 0 Å². The van der Waals surface area contributed by atoms with Crippen molar-refractivity contribution >= 4 is 10.9 Å². The van der Waals surface area contributed by atoms with Gasteiger partial charge in [-0.1, -0.05) is 32.0 Å². The lowest BCUT2D eigenvalue weighted by molar-refractivity contribution is 0.511. The standard InChI is InChI=1S/C14H20N2/c1-10(2)8-13(15)12-9-16(3)14-7-5-4-6-11(12)14/h4-7,9-10,13H,8,15H2,1-3H3. The number of aromatic nitrogens is 1. The van der Waals surface area contributed by atoms with E-state index in [0.717, 1.165) is 6.42 Å². The van der Waals surface area contributed by atoms with Crippen molar-refractivity contribution in [3.05, 3.63) is 36.0 Å². The van der Waals surface area contributed by atoms with E-state index in [1.54, 1.807) is 0 Å². The van der Waals surface area contributed by atoms with Gasteiger partial charge < -0.3 is 10.3 Å². The van der Waals surface area contributed by atoms with E-state index in [9.17, 15) is 0 Å². The molecule has 0 saturated heterocycles. The Balaban J connectivity index is 2.44. The van der Waals surface area contributed by atoms with Gasteiger partial charge in [-0.2, -0.15) is 0 Å². The second kappa shape index (κ2) is 4.30. The second-order valence-electron chi connectivity index (χ2n) is 4.95. The van der Waals surface area contributed by atoms with Crippen molar-refractivity contribution < 1.29 is 0 Å². The predicted octanol–water partition coefficient (Wildman–Crippen LogP) is 3.22. The van der Waals surface area contributed by atoms with E-state index in [2.05, 4.69) is 55.9 Å². The fourth-order valence-electron chi connectivity index (χ4n) is 2.30. The highest BCUT2D eigenvalue weighted by atomic mass is 14.9. The van der Waals surface area contributed by atoms with Crippen LogP contribution in [0.4, 0.5) is 0 Å². The molecule has 0 aliphatic heterocycles. The highest BCUT2D eigenvalue weighted by molar-refractivity contribution is 5.84. The topological polar surface area (TPSA) is 30.9 Å². The maximum Gasteiger partial charge on any atom is 0.0481 e. The van der Waals surface area contributed by atoms with Gasteiger partial charge in [0.25, 0.3) is 0 Å². The first-order valence-electron chi connectivity index (χ1n) is 5.89. The van der Waals surface area contributed by atoms with Gasteiger partial charge in [0.1, 0.15) is 0 Å². The third-order valence-corrected chi connectivity index (χ3v) is 3.05. The molecule has 0 aliphatic rings. The van der Waals surface area contributed by atoms with Crippen LogP contribution in [0.2, 0.25) is 0 Å². The van der Waals surface area contributed by atoms with Gasteiger partial charge in [0.2, 0.25) is 0 Å². The van der Waals surface area contributed by atoms with Gasteiger partial charge in [-0.3, -0.25) is 0 Å². The van der Waals surface area contributed by atoms with Crippen molar-refractivity contribution in [1.82, 2.24) is 4.57 Å². The van der Waals surface area contributed by atoms with Gasteiger partial charge in [-0.15, -0.1) is 0 Å². The van der Waals surface area contributed by atoms with Crippen molar-refractivity contribution in [2.45, 2.75) is 26.3 Å². The van der Waals surface area contributed by atoms with E-state index in [1.807, 2.05) is 0 Å². The summed E-state index contributed by atoms with van der Waals surface area (Å²) in [5, 5.41) is 1.29. The zero-order chi connectivity index (χ0) is 11.7. The molecule has 86 valence electrons. The molecule has 2 heteroatoms. The van der Waals surface area contributed by atoms with E-state index in [1.165, 1.54) is 16.5 Å². The molecule has 0 fully saturated rings. The average Bonchev–Trinajstić information content (AvgIpc) is 2.56. The molecule has 1 atom stereocenters. The Hall–Kier alpha value is -1.28. The van der Waals surface area contributed by atoms with E-state index < -0.39 is 0 Å². The van der Waals surface area contributed by atoms with Crippen LogP contribution in [0.1, 0.15) is 31.9 Å². The molecule has 1 heterocycles. The summed E-state index contributed by atoms with van der Waals surface area (Å²) in [4.78, 5) is 0. The van der Waals surface area contributed by atoms with E-state index in [-0.39, 0.29) is 6.04 Å². The minimum absolute atomic E-state index is 0.145. The Bertz CT molecular complexity index is 482. The van der Waals surface area contributed by atoms with Crippen molar-refractivity contribution in [3.63, 3.8) is 0 Å². The number of aryl methyl sites for hydroxylation is 1. The van der Waals surface area contributed by atoms with Crippen molar-refractivity contribution in [2.75, 3.05) is 0 Å². The Morgan fingerprint density at radius 3 is 2.62 bits per heavy atom. The highest BCUT2D eigenvalue weighted by Crippen LogP contribution is 2.27. The SMILES string of the molecule is CC(C)CC(N)c1cn(C)c2ccccc12. The van der Waals surface area contributed by atoms with Crippen LogP contribution in [0.15, 0.2) is 30.5 Å². The third-order valence-electron chi connectivity index (χ3n) is 3.05. The smallest absolute Gasteiger partial charge is 0.0481 e. The summed E-state index contributed by atoms with van der Waals surface area (Å²) < 4.78 is 2.16. The zero-order valence-corrected chi connectivity index (χ0v) is 10.3. The number of hydrogen-bond donors (Lipinski definition) is 1. The largest absolute Gasteiger partial charge is 0.350 e. The summed E-state index contributed by atoms with van der Waals surface area (Å²) >= 11 is 0. The van der Waals surface area contributed by atoms with Gasteiger partial charge >= 0.3 is 0 Å². The maximum absolute atomic E-state index is 6.26. The van der Waals surface area contributed by atoms with Gasteiger partial charge in [0.05, 0.1) is 0 Å². The number of rotatable bonds is 3. The summed E-state index contributed by atoms with van der Waals surface area (Å²) in [6.45, 7) is 4.43. The first-order valence-corrected chi connectivity index (χ1v) is 5.89. The molecule has 2 N–H and O–H groups in total. The van der Waals surface area contributed by atoms with E-state index >= 15 is 0 Å². The molecule has 2 aromatic rings. The molecule has 0 amide bonds. The lowest BCUT2D eigenvalue weighted by Crippen LogP contribution is -2.12. The third kappa shape index (κ3) is 1.98. The molecular weight excluding hydrogens is 196 g/mol. The molecule has 1 aromatic carbocycles. The Labute approximate surface area is 97.1 Å². The summed E-state index contributed by atoms with van der Waals surface area (Å²) in [5.41, 5.74) is 8.79. The summed E-state index contributed by atoms with van der Waals surface area (Å²) in [6, 6.07) is 8.59. The number of hydrogen-bond acceptors (Lipinski definition) is 1. The monoisotopic (exact) mass is 216 g/mol. The van der Waals surface area contributed by atoms with Crippen molar-refractivity contribution in [2.24, 2.45) is 18.7 Å². The summed E-state index contributed by atoms with van der Waals surface area (Å²) in [6.07, 6.45) is 3.20. The molecule has 0 spiro atoms. The lowest BCUT2D eigenvalue weighted by Gasteiger charge is -2.13. The maximum atomic E-state index is 6.26. The predicted molar refractivity (Wildman–Crippen MR) is 69.3 cm³/mol. The van der Waals surface area contributed by atoms with Gasteiger partial charge in [-0.05, 0) is 24.0 Å². The number of nitrogens with two attached hydrogens (primary N) is 1. The highest BCUT2D eigenvalue weighted by Gasteiger charge is 2.14. The van der Waals surface area contributed by atoms with Crippen LogP contribution in [-0.4, -0.2) is 4.57 Å². The number of benzene rings is 1. The molecule has 1 aromatic heterocycles. The molecule has 16 heavy (non-hydrogen) atoms. The molecule has 1 unspecified atom stereocenters. The van der Waals surface area contributed by atoms with Crippen LogP contribution < -0.4 is 5.73 Å². The van der Waals surface area contributed by atoms with Crippen molar-refractivity contribution in [1.29, 1.82) is 0 Å². The fraction of sp³-hybridized carbons (Fsp3) is 0.429. The average molecular weight is 216 g/mol. The molecular formula is C14H20N2. The van der Waals surface area contributed by atoms with Gasteiger partial charge in [-0.25, -0.2) is 0 Å². The second-order valence-corrected chi connectivity index (χ2v) is 4.95. The molecule has 0 bridgehead atoms. The molecule has 0 saturated carbocycles. The van der Waals surface area contributed by atoms with Crippen LogP contribution in [0.25, 0.3) is 10.9 Å². The minimum Gasteiger partial charge on any atom is -0.350 e. The van der Waals surface area contributed by atoms with Crippen LogP contribution in [0.3, 0.4) is 0 Å². The van der Waals surface area contributed by atoms with E-state index in [0.29, 0.717) is 5.92 Å². The first-order chi connectivity index (χ1) is 7.59. The summed E-state index contributed by atoms with van der Waals surface area (Å²) in [7, 11) is 2.08. The molecule has 2 nitrogen and oxygen atoms in total. The van der Waals surface area contributed by atoms with Gasteiger partial charge in [0, 0.05) is 30.2 Å². The first kappa shape index (κ1) is 11.2. The van der Waals surface area contributed by atoms with Crippen LogP contribution in [-0.2, 0) is 7.05 Å². The Morgan fingerprint density at radius 1 is 1.25 bits per heavy atom. The van der Waals surface area contributed by atoms with E-state index in [4.69, 9.17) is 5.73 Å². The van der Waals surface area contributed by atoms with Crippen LogP contribution >= 0.6 is 0 Å². The minimum atomic E-state index is 0.145. The number of nitrogens with zero attached hydrogens (tertiary/aromatic N) is 1. The summed E-state index contributed by atoms with van der Waals surface area (Å²) in [5.74, 6) is 0.633. The molecule has 0 radical (unpaired) electrons. The fourth-order valence-corrected chi connectivity index (χ4v) is 2.30. The van der Waals surface area contributed by atoms with Gasteiger partial charge in [0.15, 0.2) is 0 Å². The molecule has 0 aliphatic carbocycles. The lowest BCUT2D eigenvalue weighted by atomic mass is 9.97. The Morgan fingerprint density at radius 2 is 1.94 bits per heavy atom.